The Balaban J connectivity index is 1.52. The minimum absolute atomic E-state index is 0.100. The van der Waals surface area contributed by atoms with E-state index in [0.29, 0.717) is 67.8 Å². The number of hydrogen-bond acceptors (Lipinski definition) is 9. The Morgan fingerprint density at radius 3 is 2.47 bits per heavy atom. The van der Waals surface area contributed by atoms with Crippen LogP contribution in [0.4, 0.5) is 15.9 Å². The summed E-state index contributed by atoms with van der Waals surface area (Å²) in [6.07, 6.45) is 5.76. The minimum Gasteiger partial charge on any atom is -0.466 e. The van der Waals surface area contributed by atoms with Crippen LogP contribution < -0.4 is 25.9 Å². The Morgan fingerprint density at radius 1 is 1.16 bits per heavy atom. The predicted molar refractivity (Wildman–Crippen MR) is 152 cm³/mol. The Morgan fingerprint density at radius 2 is 1.87 bits per heavy atom. The Hall–Kier alpha value is -3.25. The highest BCUT2D eigenvalue weighted by Gasteiger charge is 2.41. The predicted octanol–water partition coefficient (Wildman–Crippen LogP) is 2.82. The molecule has 0 spiro atoms. The van der Waals surface area contributed by atoms with Crippen molar-refractivity contribution in [2.75, 3.05) is 49.8 Å². The molecule has 0 saturated carbocycles. The van der Waals surface area contributed by atoms with Gasteiger partial charge in [-0.05, 0) is 51.8 Å². The fourth-order valence-electron chi connectivity index (χ4n) is 4.71. The summed E-state index contributed by atoms with van der Waals surface area (Å²) in [7, 11) is 8.17. The highest BCUT2D eigenvalue weighted by atomic mass is 32.1. The lowest BCUT2D eigenvalue weighted by molar-refractivity contribution is -0.157. The average Bonchev–Trinajstić information content (AvgIpc) is 3.36. The Kier molecular flexibility index (Phi) is 8.83. The first-order chi connectivity index (χ1) is 18.4. The zero-order valence-corrected chi connectivity index (χ0v) is 23.2. The van der Waals surface area contributed by atoms with Crippen LogP contribution in [-0.2, 0) is 9.53 Å². The van der Waals surface area contributed by atoms with Crippen molar-refractivity contribution in [3.63, 3.8) is 0 Å². The van der Waals surface area contributed by atoms with Gasteiger partial charge in [-0.1, -0.05) is 29.8 Å². The normalized spacial score (nSPS) is 14.9. The van der Waals surface area contributed by atoms with Gasteiger partial charge in [-0.3, -0.25) is 9.69 Å². The van der Waals surface area contributed by atoms with Gasteiger partial charge >= 0.3 is 12.0 Å². The lowest BCUT2D eigenvalue weighted by Crippen LogP contribution is -2.45. The maximum atomic E-state index is 12.5. The largest absolute Gasteiger partial charge is 0.466 e. The van der Waals surface area contributed by atoms with Gasteiger partial charge in [0, 0.05) is 42.3 Å². The van der Waals surface area contributed by atoms with Gasteiger partial charge in [-0.2, -0.15) is 0 Å². The van der Waals surface area contributed by atoms with Crippen LogP contribution >= 0.6 is 11.3 Å². The third-order valence-electron chi connectivity index (χ3n) is 6.99. The van der Waals surface area contributed by atoms with E-state index in [4.69, 9.17) is 17.6 Å². The van der Waals surface area contributed by atoms with Crippen LogP contribution in [0.2, 0.25) is 0 Å². The number of fused-ring (bicyclic) bond motifs is 1. The number of benzene rings is 1. The Labute approximate surface area is 228 Å². The first-order valence-corrected chi connectivity index (χ1v) is 13.8. The minimum atomic E-state index is -0.425. The van der Waals surface area contributed by atoms with Gasteiger partial charge in [0.15, 0.2) is 5.13 Å². The van der Waals surface area contributed by atoms with Gasteiger partial charge in [0.05, 0.1) is 24.2 Å². The van der Waals surface area contributed by atoms with E-state index in [1.165, 1.54) is 11.3 Å². The van der Waals surface area contributed by atoms with Gasteiger partial charge in [0.1, 0.15) is 7.85 Å². The molecule has 0 unspecified atom stereocenters. The molecule has 2 radical (unpaired) electrons. The first-order valence-electron chi connectivity index (χ1n) is 13.0. The van der Waals surface area contributed by atoms with Crippen LogP contribution in [0.3, 0.4) is 0 Å². The number of amides is 2. The number of piperidine rings is 1. The fraction of sp³-hybridized carbons (Fsp3) is 0.500. The lowest BCUT2D eigenvalue weighted by atomic mass is 9.76. The molecule has 0 atom stereocenters. The quantitative estimate of drug-likeness (QED) is 0.245. The molecule has 3 aromatic rings. The molecular formula is C26H34BN7O3S. The van der Waals surface area contributed by atoms with E-state index in [1.807, 2.05) is 32.9 Å². The molecule has 2 N–H and O–H groups in total. The van der Waals surface area contributed by atoms with E-state index >= 15 is 0 Å². The molecule has 2 amide bonds. The van der Waals surface area contributed by atoms with Crippen LogP contribution in [0.15, 0.2) is 24.5 Å². The van der Waals surface area contributed by atoms with Gasteiger partial charge < -0.3 is 20.3 Å². The summed E-state index contributed by atoms with van der Waals surface area (Å²) in [5.41, 5.74) is 2.53. The molecular weight excluding hydrogens is 501 g/mol. The number of aromatic nitrogens is 3. The molecule has 4 rings (SSSR count). The van der Waals surface area contributed by atoms with E-state index in [2.05, 4.69) is 25.5 Å². The van der Waals surface area contributed by atoms with Gasteiger partial charge in [-0.25, -0.2) is 19.7 Å². The molecule has 2 aromatic heterocycles. The Bertz CT molecular complexity index is 1280. The number of hydrogen-bond donors (Lipinski definition) is 2. The molecule has 38 heavy (non-hydrogen) atoms. The van der Waals surface area contributed by atoms with Crippen molar-refractivity contribution in [1.82, 2.24) is 25.6 Å². The number of urea groups is 1. The number of anilines is 2. The number of nitrogens with one attached hydrogen (secondary N) is 2. The van der Waals surface area contributed by atoms with Crippen LogP contribution in [0, 0.1) is 5.41 Å². The molecule has 1 saturated heterocycles. The van der Waals surface area contributed by atoms with Gasteiger partial charge in [0.2, 0.25) is 5.95 Å². The average molecular weight is 535 g/mol. The standard InChI is InChI=1S/C26H34BN7O3S/c1-5-26(22(35)37-7-3)8-10-33(11-9-26)23-30-14-18(15-31-23)17-12-19(27)21-20(13-17)32-25(38-21)34(16-28-4)24(36)29-6-2/h12-15,28H,5-11,16H2,1-4H3,(H,29,36). The summed E-state index contributed by atoms with van der Waals surface area (Å²) < 4.78 is 6.16. The van der Waals surface area contributed by atoms with E-state index in [1.54, 1.807) is 24.3 Å². The third-order valence-corrected chi connectivity index (χ3v) is 8.13. The smallest absolute Gasteiger partial charge is 0.324 e. The van der Waals surface area contributed by atoms with Crippen molar-refractivity contribution in [2.45, 2.75) is 40.0 Å². The number of ether oxygens (including phenoxy) is 1. The van der Waals surface area contributed by atoms with Crippen molar-refractivity contribution in [1.29, 1.82) is 0 Å². The van der Waals surface area contributed by atoms with Crippen LogP contribution in [0.1, 0.15) is 40.0 Å². The van der Waals surface area contributed by atoms with Crippen molar-refractivity contribution < 1.29 is 14.3 Å². The highest BCUT2D eigenvalue weighted by molar-refractivity contribution is 7.23. The molecule has 1 aliphatic rings. The maximum Gasteiger partial charge on any atom is 0.324 e. The van der Waals surface area contributed by atoms with Crippen molar-refractivity contribution in [3.05, 3.63) is 24.5 Å². The van der Waals surface area contributed by atoms with E-state index in [-0.39, 0.29) is 12.0 Å². The number of carbonyl (C=O) groups is 2. The van der Waals surface area contributed by atoms with Gasteiger partial charge in [0.25, 0.3) is 0 Å². The second-order valence-corrected chi connectivity index (χ2v) is 10.3. The van der Waals surface area contributed by atoms with Crippen LogP contribution in [-0.4, -0.2) is 74.8 Å². The van der Waals surface area contributed by atoms with Gasteiger partial charge in [-0.15, -0.1) is 0 Å². The summed E-state index contributed by atoms with van der Waals surface area (Å²) in [6.45, 7) is 8.40. The van der Waals surface area contributed by atoms with Crippen LogP contribution in [0.25, 0.3) is 21.3 Å². The van der Waals surface area contributed by atoms with Crippen molar-refractivity contribution in [2.24, 2.45) is 5.41 Å². The van der Waals surface area contributed by atoms with E-state index < -0.39 is 5.41 Å². The van der Waals surface area contributed by atoms with Crippen molar-refractivity contribution in [3.8, 4) is 11.1 Å². The first kappa shape index (κ1) is 27.8. The lowest BCUT2D eigenvalue weighted by Gasteiger charge is -2.39. The number of nitrogens with zero attached hydrogens (tertiary/aromatic N) is 5. The summed E-state index contributed by atoms with van der Waals surface area (Å²) in [5.74, 6) is 0.536. The topological polar surface area (TPSA) is 113 Å². The summed E-state index contributed by atoms with van der Waals surface area (Å²) in [6, 6.07) is 3.60. The number of rotatable bonds is 9. The molecule has 10 nitrogen and oxygen atoms in total. The molecule has 0 aliphatic carbocycles. The SMILES string of the molecule is [B]c1cc(-c2cnc(N3CCC(CC)(C(=O)OCC)CC3)nc2)cc2nc(N(CNC)C(=O)NCC)sc12. The van der Waals surface area contributed by atoms with E-state index in [9.17, 15) is 9.59 Å². The molecule has 1 aromatic carbocycles. The molecule has 200 valence electrons. The monoisotopic (exact) mass is 535 g/mol. The highest BCUT2D eigenvalue weighted by Crippen LogP contribution is 2.37. The second kappa shape index (κ2) is 12.1. The molecule has 0 bridgehead atoms. The summed E-state index contributed by atoms with van der Waals surface area (Å²) in [5, 5.41) is 6.39. The second-order valence-electron chi connectivity index (χ2n) is 9.30. The molecule has 12 heteroatoms. The van der Waals surface area contributed by atoms with Crippen molar-refractivity contribution >= 4 is 57.9 Å². The molecule has 1 aliphatic heterocycles. The number of esters is 1. The summed E-state index contributed by atoms with van der Waals surface area (Å²) in [4.78, 5) is 42.7. The summed E-state index contributed by atoms with van der Waals surface area (Å²) >= 11 is 1.38. The number of thiazole rings is 1. The van der Waals surface area contributed by atoms with E-state index in [0.717, 1.165) is 22.2 Å². The molecule has 1 fully saturated rings. The number of carbonyl (C=O) groups excluding carboxylic acids is 2. The maximum absolute atomic E-state index is 12.5. The zero-order chi connectivity index (χ0) is 27.3. The zero-order valence-electron chi connectivity index (χ0n) is 22.4. The third kappa shape index (κ3) is 5.61. The fourth-order valence-corrected chi connectivity index (χ4v) is 5.68. The van der Waals surface area contributed by atoms with Crippen LogP contribution in [0.5, 0.6) is 0 Å². The molecule has 3 heterocycles.